The van der Waals surface area contributed by atoms with Crippen LogP contribution in [0.25, 0.3) is 0 Å². The van der Waals surface area contributed by atoms with Gasteiger partial charge in [-0.05, 0) is 5.92 Å². The van der Waals surface area contributed by atoms with Gasteiger partial charge in [0.1, 0.15) is 5.75 Å². The Labute approximate surface area is 95.2 Å². The van der Waals surface area contributed by atoms with Crippen molar-refractivity contribution in [3.63, 3.8) is 0 Å². The first-order chi connectivity index (χ1) is 7.82. The summed E-state index contributed by atoms with van der Waals surface area (Å²) >= 11 is 0. The van der Waals surface area contributed by atoms with Gasteiger partial charge in [-0.3, -0.25) is 10.1 Å². The lowest BCUT2D eigenvalue weighted by Crippen LogP contribution is -2.07. The lowest BCUT2D eigenvalue weighted by molar-refractivity contribution is -0.387. The van der Waals surface area contributed by atoms with Crippen molar-refractivity contribution in [2.45, 2.75) is 26.4 Å². The molecule has 1 aromatic carbocycles. The summed E-state index contributed by atoms with van der Waals surface area (Å²) in [7, 11) is 0. The Morgan fingerprint density at radius 1 is 1.35 bits per heavy atom. The zero-order chi connectivity index (χ0) is 13.2. The van der Waals surface area contributed by atoms with E-state index >= 15 is 0 Å². The molecule has 0 unspecified atom stereocenters. The summed E-state index contributed by atoms with van der Waals surface area (Å²) in [5.41, 5.74) is -0.589. The van der Waals surface area contributed by atoms with Crippen molar-refractivity contribution in [1.29, 1.82) is 0 Å². The van der Waals surface area contributed by atoms with Crippen LogP contribution in [0.5, 0.6) is 5.75 Å². The molecule has 0 radical (unpaired) electrons. The summed E-state index contributed by atoms with van der Waals surface area (Å²) < 4.78 is 41.5. The minimum Gasteiger partial charge on any atom is -0.434 e. The number of nitrogens with zero attached hydrogens (tertiary/aromatic N) is 1. The molecule has 7 heteroatoms. The number of ether oxygens (including phenoxy) is 1. The standard InChI is InChI=1S/C10H10F3NO3/c1-5(2)6-3-8(14(15)16)7(11)4-9(6)17-10(12)13/h3-5,10H,1-2H3. The molecule has 0 amide bonds. The van der Waals surface area contributed by atoms with Crippen LogP contribution < -0.4 is 4.74 Å². The van der Waals surface area contributed by atoms with Crippen LogP contribution in [0.4, 0.5) is 18.9 Å². The van der Waals surface area contributed by atoms with Crippen molar-refractivity contribution in [2.24, 2.45) is 0 Å². The quantitative estimate of drug-likeness (QED) is 0.606. The maximum atomic E-state index is 13.2. The second-order valence-electron chi connectivity index (χ2n) is 3.63. The summed E-state index contributed by atoms with van der Waals surface area (Å²) in [6, 6.07) is 1.53. The van der Waals surface area contributed by atoms with E-state index in [0.717, 1.165) is 6.07 Å². The fraction of sp³-hybridized carbons (Fsp3) is 0.400. The number of nitro benzene ring substituents is 1. The molecule has 4 nitrogen and oxygen atoms in total. The first-order valence-corrected chi connectivity index (χ1v) is 4.75. The van der Waals surface area contributed by atoms with Gasteiger partial charge in [0.2, 0.25) is 5.82 Å². The third kappa shape index (κ3) is 3.08. The number of alkyl halides is 2. The zero-order valence-corrected chi connectivity index (χ0v) is 9.12. The van der Waals surface area contributed by atoms with Crippen LogP contribution in [0.1, 0.15) is 25.3 Å². The molecule has 0 spiro atoms. The molecule has 0 aliphatic carbocycles. The van der Waals surface area contributed by atoms with E-state index in [4.69, 9.17) is 0 Å². The maximum Gasteiger partial charge on any atom is 0.387 e. The van der Waals surface area contributed by atoms with Gasteiger partial charge < -0.3 is 4.74 Å². The summed E-state index contributed by atoms with van der Waals surface area (Å²) in [5.74, 6) is -1.88. The molecule has 1 aromatic rings. The van der Waals surface area contributed by atoms with Gasteiger partial charge in [-0.25, -0.2) is 0 Å². The Bertz CT molecular complexity index is 435. The number of rotatable bonds is 4. The predicted molar refractivity (Wildman–Crippen MR) is 53.8 cm³/mol. The summed E-state index contributed by atoms with van der Waals surface area (Å²) in [5, 5.41) is 10.5. The van der Waals surface area contributed by atoms with Crippen molar-refractivity contribution in [1.82, 2.24) is 0 Å². The Morgan fingerprint density at radius 3 is 2.35 bits per heavy atom. The summed E-state index contributed by atoms with van der Waals surface area (Å²) in [6.45, 7) is 0.165. The molecule has 0 bridgehead atoms. The van der Waals surface area contributed by atoms with E-state index in [9.17, 15) is 23.3 Å². The van der Waals surface area contributed by atoms with Gasteiger partial charge in [-0.2, -0.15) is 13.2 Å². The normalized spacial score (nSPS) is 11.0. The van der Waals surface area contributed by atoms with Crippen LogP contribution in [0, 0.1) is 15.9 Å². The van der Waals surface area contributed by atoms with Gasteiger partial charge in [0.25, 0.3) is 0 Å². The highest BCUT2D eigenvalue weighted by molar-refractivity contribution is 5.46. The molecule has 1 rings (SSSR count). The van der Waals surface area contributed by atoms with E-state index in [0.29, 0.717) is 6.07 Å². The van der Waals surface area contributed by atoms with Crippen LogP contribution in [0.15, 0.2) is 12.1 Å². The van der Waals surface area contributed by atoms with Gasteiger partial charge in [-0.15, -0.1) is 0 Å². The molecule has 0 aliphatic heterocycles. The third-order valence-electron chi connectivity index (χ3n) is 2.11. The smallest absolute Gasteiger partial charge is 0.387 e. The van der Waals surface area contributed by atoms with Crippen LogP contribution >= 0.6 is 0 Å². The Kier molecular flexibility index (Phi) is 3.93. The topological polar surface area (TPSA) is 52.4 Å². The Balaban J connectivity index is 3.30. The fourth-order valence-electron chi connectivity index (χ4n) is 1.35. The fourth-order valence-corrected chi connectivity index (χ4v) is 1.35. The highest BCUT2D eigenvalue weighted by Crippen LogP contribution is 2.33. The van der Waals surface area contributed by atoms with E-state index in [1.165, 1.54) is 0 Å². The van der Waals surface area contributed by atoms with Crippen LogP contribution in [-0.4, -0.2) is 11.5 Å². The number of halogens is 3. The van der Waals surface area contributed by atoms with Gasteiger partial charge in [0.15, 0.2) is 0 Å². The highest BCUT2D eigenvalue weighted by Gasteiger charge is 2.22. The number of hydrogen-bond acceptors (Lipinski definition) is 3. The molecule has 0 aliphatic rings. The van der Waals surface area contributed by atoms with E-state index in [2.05, 4.69) is 4.74 Å². The van der Waals surface area contributed by atoms with Gasteiger partial charge >= 0.3 is 12.3 Å². The van der Waals surface area contributed by atoms with Crippen molar-refractivity contribution in [3.8, 4) is 5.75 Å². The van der Waals surface area contributed by atoms with E-state index in [1.54, 1.807) is 13.8 Å². The molecule has 0 aromatic heterocycles. The minimum atomic E-state index is -3.10. The molecule has 94 valence electrons. The first-order valence-electron chi connectivity index (χ1n) is 4.75. The SMILES string of the molecule is CC(C)c1cc([N+](=O)[O-])c(F)cc1OC(F)F. The molecule has 0 heterocycles. The summed E-state index contributed by atoms with van der Waals surface area (Å²) in [6.07, 6.45) is 0. The Hall–Kier alpha value is -1.79. The number of benzene rings is 1. The van der Waals surface area contributed by atoms with E-state index in [-0.39, 0.29) is 17.2 Å². The molecule has 17 heavy (non-hydrogen) atoms. The van der Waals surface area contributed by atoms with Crippen molar-refractivity contribution in [3.05, 3.63) is 33.6 Å². The van der Waals surface area contributed by atoms with Gasteiger partial charge in [0.05, 0.1) is 4.92 Å². The molecule has 0 saturated carbocycles. The molecular formula is C10H10F3NO3. The molecule has 0 saturated heterocycles. The predicted octanol–water partition coefficient (Wildman–Crippen LogP) is 3.46. The maximum absolute atomic E-state index is 13.2. The summed E-state index contributed by atoms with van der Waals surface area (Å²) in [4.78, 5) is 9.60. The second kappa shape index (κ2) is 5.03. The molecule has 0 N–H and O–H groups in total. The van der Waals surface area contributed by atoms with Crippen LogP contribution in [0.2, 0.25) is 0 Å². The average molecular weight is 249 g/mol. The number of hydrogen-bond donors (Lipinski definition) is 0. The molecule has 0 fully saturated rings. The first kappa shape index (κ1) is 13.3. The molecular weight excluding hydrogens is 239 g/mol. The second-order valence-corrected chi connectivity index (χ2v) is 3.63. The minimum absolute atomic E-state index is 0.165. The average Bonchev–Trinajstić information content (AvgIpc) is 2.15. The highest BCUT2D eigenvalue weighted by atomic mass is 19.3. The van der Waals surface area contributed by atoms with Crippen LogP contribution in [0.3, 0.4) is 0 Å². The third-order valence-corrected chi connectivity index (χ3v) is 2.11. The number of nitro groups is 1. The van der Waals surface area contributed by atoms with E-state index in [1.807, 2.05) is 0 Å². The van der Waals surface area contributed by atoms with Gasteiger partial charge in [0, 0.05) is 17.7 Å². The van der Waals surface area contributed by atoms with Crippen molar-refractivity contribution >= 4 is 5.69 Å². The Morgan fingerprint density at radius 2 is 1.94 bits per heavy atom. The monoisotopic (exact) mass is 249 g/mol. The van der Waals surface area contributed by atoms with Gasteiger partial charge in [-0.1, -0.05) is 13.8 Å². The lowest BCUT2D eigenvalue weighted by atomic mass is 10.0. The van der Waals surface area contributed by atoms with Crippen molar-refractivity contribution in [2.75, 3.05) is 0 Å². The lowest BCUT2D eigenvalue weighted by Gasteiger charge is -2.13. The molecule has 0 atom stereocenters. The van der Waals surface area contributed by atoms with E-state index < -0.39 is 23.0 Å². The van der Waals surface area contributed by atoms with Crippen molar-refractivity contribution < 1.29 is 22.8 Å². The zero-order valence-electron chi connectivity index (χ0n) is 9.12. The largest absolute Gasteiger partial charge is 0.434 e. The van der Waals surface area contributed by atoms with Crippen LogP contribution in [-0.2, 0) is 0 Å².